The quantitative estimate of drug-likeness (QED) is 0.875. The Morgan fingerprint density at radius 1 is 1.33 bits per heavy atom. The molecule has 1 aliphatic rings. The maximum Gasteiger partial charge on any atom is 0.0600 e. The molecule has 1 fully saturated rings. The fourth-order valence-electron chi connectivity index (χ4n) is 3.10. The van der Waals surface area contributed by atoms with Gasteiger partial charge in [-0.05, 0) is 55.1 Å². The van der Waals surface area contributed by atoms with Gasteiger partial charge >= 0.3 is 0 Å². The molecule has 2 heterocycles. The van der Waals surface area contributed by atoms with Crippen LogP contribution in [0, 0.1) is 11.8 Å². The Labute approximate surface area is 115 Å². The third-order valence-electron chi connectivity index (χ3n) is 4.22. The average Bonchev–Trinajstić information content (AvgIpc) is 2.93. The summed E-state index contributed by atoms with van der Waals surface area (Å²) in [5, 5.41) is 8.17. The van der Waals surface area contributed by atoms with Gasteiger partial charge in [-0.15, -0.1) is 0 Å². The van der Waals surface area contributed by atoms with Gasteiger partial charge in [0.15, 0.2) is 0 Å². The van der Waals surface area contributed by atoms with E-state index in [4.69, 9.17) is 4.74 Å². The molecule has 2 nitrogen and oxygen atoms in total. The first kappa shape index (κ1) is 14.0. The van der Waals surface area contributed by atoms with Crippen molar-refractivity contribution in [2.45, 2.75) is 52.4 Å². The molecule has 1 saturated heterocycles. The lowest BCUT2D eigenvalue weighted by atomic mass is 9.81. The summed E-state index contributed by atoms with van der Waals surface area (Å²) in [5.74, 6) is 1.18. The Hall–Kier alpha value is -0.380. The molecule has 5 atom stereocenters. The van der Waals surface area contributed by atoms with E-state index in [-0.39, 0.29) is 0 Å². The second kappa shape index (κ2) is 6.18. The van der Waals surface area contributed by atoms with Gasteiger partial charge in [-0.3, -0.25) is 0 Å². The van der Waals surface area contributed by atoms with Crippen molar-refractivity contribution >= 4 is 11.3 Å². The zero-order chi connectivity index (χ0) is 13.1. The van der Waals surface area contributed by atoms with Crippen LogP contribution in [0.4, 0.5) is 0 Å². The van der Waals surface area contributed by atoms with Crippen molar-refractivity contribution in [3.63, 3.8) is 0 Å². The molecule has 1 aromatic rings. The van der Waals surface area contributed by atoms with Crippen LogP contribution in [-0.4, -0.2) is 18.8 Å². The summed E-state index contributed by atoms with van der Waals surface area (Å²) in [6, 6.07) is 2.69. The highest BCUT2D eigenvalue weighted by Crippen LogP contribution is 2.40. The van der Waals surface area contributed by atoms with Crippen molar-refractivity contribution in [1.82, 2.24) is 5.32 Å². The largest absolute Gasteiger partial charge is 0.375 e. The highest BCUT2D eigenvalue weighted by molar-refractivity contribution is 7.07. The van der Waals surface area contributed by atoms with Gasteiger partial charge in [0, 0.05) is 12.0 Å². The Balaban J connectivity index is 2.18. The van der Waals surface area contributed by atoms with Crippen LogP contribution in [0.2, 0.25) is 0 Å². The highest BCUT2D eigenvalue weighted by Gasteiger charge is 2.41. The molecular weight excluding hydrogens is 242 g/mol. The van der Waals surface area contributed by atoms with Crippen LogP contribution < -0.4 is 5.32 Å². The van der Waals surface area contributed by atoms with Gasteiger partial charge in [0.25, 0.3) is 0 Å². The van der Waals surface area contributed by atoms with Gasteiger partial charge in [-0.25, -0.2) is 0 Å². The number of ether oxygens (including phenoxy) is 1. The zero-order valence-electron chi connectivity index (χ0n) is 11.8. The van der Waals surface area contributed by atoms with Crippen LogP contribution in [0.15, 0.2) is 16.8 Å². The second-order valence-electron chi connectivity index (χ2n) is 5.47. The summed E-state index contributed by atoms with van der Waals surface area (Å²) in [7, 11) is 0. The fraction of sp³-hybridized carbons (Fsp3) is 0.733. The minimum atomic E-state index is 0.337. The topological polar surface area (TPSA) is 21.3 Å². The van der Waals surface area contributed by atoms with Crippen molar-refractivity contribution in [3.05, 3.63) is 22.4 Å². The molecule has 1 aromatic heterocycles. The van der Waals surface area contributed by atoms with Crippen LogP contribution >= 0.6 is 11.3 Å². The fourth-order valence-corrected chi connectivity index (χ4v) is 3.79. The molecular formula is C15H25NOS. The first-order valence-electron chi connectivity index (χ1n) is 7.06. The zero-order valence-corrected chi connectivity index (χ0v) is 12.7. The van der Waals surface area contributed by atoms with Crippen LogP contribution in [0.1, 0.15) is 45.7 Å². The normalized spacial score (nSPS) is 33.8. The summed E-state index contributed by atoms with van der Waals surface area (Å²) < 4.78 is 6.01. The van der Waals surface area contributed by atoms with Crippen molar-refractivity contribution in [1.29, 1.82) is 0 Å². The summed E-state index contributed by atoms with van der Waals surface area (Å²) >= 11 is 1.78. The maximum atomic E-state index is 6.01. The van der Waals surface area contributed by atoms with E-state index in [2.05, 4.69) is 49.8 Å². The molecule has 0 aromatic carbocycles. The van der Waals surface area contributed by atoms with Crippen molar-refractivity contribution in [2.24, 2.45) is 11.8 Å². The first-order chi connectivity index (χ1) is 8.65. The van der Waals surface area contributed by atoms with Gasteiger partial charge in [-0.2, -0.15) is 11.3 Å². The first-order valence-corrected chi connectivity index (χ1v) is 8.00. The highest BCUT2D eigenvalue weighted by atomic mass is 32.1. The standard InChI is InChI=1S/C15H25NOS/c1-5-7-16-15(13-6-8-18-9-13)14-10(2)11(3)17-12(14)4/h6,8-12,14-16H,5,7H2,1-4H3. The SMILES string of the molecule is CCCNC(c1ccsc1)C1C(C)OC(C)C1C. The lowest BCUT2D eigenvalue weighted by molar-refractivity contribution is 0.0475. The summed E-state index contributed by atoms with van der Waals surface area (Å²) in [5.41, 5.74) is 1.43. The van der Waals surface area contributed by atoms with Crippen molar-refractivity contribution < 1.29 is 4.74 Å². The Morgan fingerprint density at radius 3 is 2.61 bits per heavy atom. The van der Waals surface area contributed by atoms with Crippen LogP contribution in [0.3, 0.4) is 0 Å². The molecule has 18 heavy (non-hydrogen) atoms. The van der Waals surface area contributed by atoms with Gasteiger partial charge in [-0.1, -0.05) is 13.8 Å². The molecule has 0 amide bonds. The molecule has 102 valence electrons. The van der Waals surface area contributed by atoms with Gasteiger partial charge in [0.1, 0.15) is 0 Å². The maximum absolute atomic E-state index is 6.01. The number of rotatable bonds is 5. The van der Waals surface area contributed by atoms with Crippen molar-refractivity contribution in [3.8, 4) is 0 Å². The van der Waals surface area contributed by atoms with E-state index >= 15 is 0 Å². The molecule has 0 saturated carbocycles. The second-order valence-corrected chi connectivity index (χ2v) is 6.25. The monoisotopic (exact) mass is 267 g/mol. The van der Waals surface area contributed by atoms with Crippen LogP contribution in [0.5, 0.6) is 0 Å². The van der Waals surface area contributed by atoms with E-state index < -0.39 is 0 Å². The van der Waals surface area contributed by atoms with E-state index in [0.717, 1.165) is 6.54 Å². The Kier molecular flexibility index (Phi) is 4.82. The van der Waals surface area contributed by atoms with Gasteiger partial charge in [0.2, 0.25) is 0 Å². The van der Waals surface area contributed by atoms with Crippen molar-refractivity contribution in [2.75, 3.05) is 6.54 Å². The third kappa shape index (κ3) is 2.79. The predicted molar refractivity (Wildman–Crippen MR) is 78.0 cm³/mol. The average molecular weight is 267 g/mol. The van der Waals surface area contributed by atoms with Gasteiger partial charge < -0.3 is 10.1 Å². The molecule has 1 aliphatic heterocycles. The molecule has 0 radical (unpaired) electrons. The van der Waals surface area contributed by atoms with E-state index in [1.807, 2.05) is 0 Å². The van der Waals surface area contributed by atoms with E-state index in [1.54, 1.807) is 11.3 Å². The molecule has 1 N–H and O–H groups in total. The molecule has 0 bridgehead atoms. The molecule has 3 heteroatoms. The number of thiophene rings is 1. The Morgan fingerprint density at radius 2 is 2.11 bits per heavy atom. The summed E-state index contributed by atoms with van der Waals surface area (Å²) in [6.07, 6.45) is 1.88. The van der Waals surface area contributed by atoms with E-state index in [9.17, 15) is 0 Å². The van der Waals surface area contributed by atoms with E-state index in [1.165, 1.54) is 12.0 Å². The smallest absolute Gasteiger partial charge is 0.0600 e. The molecule has 0 aliphatic carbocycles. The lowest BCUT2D eigenvalue weighted by Crippen LogP contribution is -2.35. The molecule has 0 spiro atoms. The third-order valence-corrected chi connectivity index (χ3v) is 4.92. The summed E-state index contributed by atoms with van der Waals surface area (Å²) in [6.45, 7) is 10.0. The lowest BCUT2D eigenvalue weighted by Gasteiger charge is -2.29. The van der Waals surface area contributed by atoms with E-state index in [0.29, 0.717) is 30.1 Å². The molecule has 2 rings (SSSR count). The van der Waals surface area contributed by atoms with Gasteiger partial charge in [0.05, 0.1) is 12.2 Å². The number of hydrogen-bond donors (Lipinski definition) is 1. The minimum absolute atomic E-state index is 0.337. The molecule has 5 unspecified atom stereocenters. The predicted octanol–water partition coefficient (Wildman–Crippen LogP) is 3.85. The number of nitrogens with one attached hydrogen (secondary N) is 1. The van der Waals surface area contributed by atoms with Crippen LogP contribution in [-0.2, 0) is 4.74 Å². The van der Waals surface area contributed by atoms with Crippen LogP contribution in [0.25, 0.3) is 0 Å². The minimum Gasteiger partial charge on any atom is -0.375 e. The Bertz CT molecular complexity index is 351. The summed E-state index contributed by atoms with van der Waals surface area (Å²) in [4.78, 5) is 0. The number of hydrogen-bond acceptors (Lipinski definition) is 3.